The fraction of sp³-hybridized carbons (Fsp3) is 0.643. The van der Waals surface area contributed by atoms with Crippen molar-refractivity contribution in [2.45, 2.75) is 26.8 Å². The minimum absolute atomic E-state index is 0.269. The van der Waals surface area contributed by atoms with Crippen LogP contribution in [0.4, 0.5) is 0 Å². The molecular weight excluding hydrogens is 244 g/mol. The summed E-state index contributed by atoms with van der Waals surface area (Å²) in [5.74, 6) is 0.269. The lowest BCUT2D eigenvalue weighted by atomic mass is 10.1. The van der Waals surface area contributed by atoms with E-state index in [2.05, 4.69) is 23.6 Å². The van der Waals surface area contributed by atoms with Crippen LogP contribution >= 0.6 is 11.3 Å². The second-order valence-electron chi connectivity index (χ2n) is 5.05. The van der Waals surface area contributed by atoms with Crippen molar-refractivity contribution < 1.29 is 4.79 Å². The highest BCUT2D eigenvalue weighted by atomic mass is 32.1. The number of piperazine rings is 1. The van der Waals surface area contributed by atoms with Gasteiger partial charge in [0.25, 0.3) is 0 Å². The Balaban J connectivity index is 1.89. The van der Waals surface area contributed by atoms with Gasteiger partial charge < -0.3 is 0 Å². The Labute approximate surface area is 113 Å². The van der Waals surface area contributed by atoms with Crippen LogP contribution in [0.2, 0.25) is 0 Å². The number of carbonyl (C=O) groups excluding carboxylic acids is 1. The highest BCUT2D eigenvalue weighted by Crippen LogP contribution is 2.17. The summed E-state index contributed by atoms with van der Waals surface area (Å²) < 4.78 is 0. The van der Waals surface area contributed by atoms with Gasteiger partial charge in [0.2, 0.25) is 0 Å². The molecule has 0 saturated carbocycles. The molecule has 0 aromatic carbocycles. The summed E-state index contributed by atoms with van der Waals surface area (Å²) in [7, 11) is 0. The number of hydrogen-bond donors (Lipinski definition) is 0. The van der Waals surface area contributed by atoms with E-state index in [1.165, 1.54) is 4.88 Å². The standard InChI is InChI=1S/C14H22N2OS/c1-4-16-8-7-15(9-11(16)2)10-13(17)14-6-5-12(3)18-14/h5-6,11H,4,7-10H2,1-3H3. The van der Waals surface area contributed by atoms with E-state index in [1.54, 1.807) is 11.3 Å². The van der Waals surface area contributed by atoms with Gasteiger partial charge >= 0.3 is 0 Å². The van der Waals surface area contributed by atoms with Crippen molar-refractivity contribution in [1.29, 1.82) is 0 Å². The Morgan fingerprint density at radius 1 is 1.44 bits per heavy atom. The molecule has 0 bridgehead atoms. The molecule has 1 aromatic rings. The molecule has 3 nitrogen and oxygen atoms in total. The molecule has 18 heavy (non-hydrogen) atoms. The van der Waals surface area contributed by atoms with Gasteiger partial charge in [-0.05, 0) is 32.5 Å². The van der Waals surface area contributed by atoms with E-state index in [-0.39, 0.29) is 5.78 Å². The van der Waals surface area contributed by atoms with Gasteiger partial charge in [0.05, 0.1) is 11.4 Å². The summed E-state index contributed by atoms with van der Waals surface area (Å²) in [6, 6.07) is 4.53. The number of thiophene rings is 1. The average molecular weight is 266 g/mol. The van der Waals surface area contributed by atoms with Gasteiger partial charge in [-0.25, -0.2) is 0 Å². The van der Waals surface area contributed by atoms with Crippen molar-refractivity contribution in [3.8, 4) is 0 Å². The topological polar surface area (TPSA) is 23.6 Å². The fourth-order valence-corrected chi connectivity index (χ4v) is 3.35. The summed E-state index contributed by atoms with van der Waals surface area (Å²) in [4.78, 5) is 19.0. The van der Waals surface area contributed by atoms with Crippen LogP contribution in [0, 0.1) is 6.92 Å². The summed E-state index contributed by atoms with van der Waals surface area (Å²) in [6.07, 6.45) is 0. The Kier molecular flexibility index (Phi) is 4.54. The summed E-state index contributed by atoms with van der Waals surface area (Å²) in [5.41, 5.74) is 0. The molecule has 1 aliphatic heterocycles. The van der Waals surface area contributed by atoms with Crippen LogP contribution in [0.15, 0.2) is 12.1 Å². The average Bonchev–Trinajstić information content (AvgIpc) is 2.76. The zero-order chi connectivity index (χ0) is 13.1. The van der Waals surface area contributed by atoms with Gasteiger partial charge in [-0.3, -0.25) is 14.6 Å². The molecule has 1 aromatic heterocycles. The first-order chi connectivity index (χ1) is 8.60. The molecule has 0 amide bonds. The smallest absolute Gasteiger partial charge is 0.186 e. The highest BCUT2D eigenvalue weighted by molar-refractivity contribution is 7.14. The highest BCUT2D eigenvalue weighted by Gasteiger charge is 2.24. The zero-order valence-electron chi connectivity index (χ0n) is 11.5. The number of likely N-dealkylation sites (N-methyl/N-ethyl adjacent to an activating group) is 1. The van der Waals surface area contributed by atoms with Gasteiger partial charge in [0.15, 0.2) is 5.78 Å². The molecule has 0 aliphatic carbocycles. The number of carbonyl (C=O) groups is 1. The molecule has 2 rings (SSSR count). The first-order valence-corrected chi connectivity index (χ1v) is 7.48. The fourth-order valence-electron chi connectivity index (χ4n) is 2.55. The Bertz CT molecular complexity index is 416. The molecule has 1 fully saturated rings. The Hall–Kier alpha value is -0.710. The molecule has 100 valence electrons. The monoisotopic (exact) mass is 266 g/mol. The molecule has 0 N–H and O–H groups in total. The maximum Gasteiger partial charge on any atom is 0.186 e. The third-order valence-electron chi connectivity index (χ3n) is 3.64. The number of Topliss-reactive ketones (excluding diaryl/α,β-unsaturated/α-hetero) is 1. The van der Waals surface area contributed by atoms with E-state index < -0.39 is 0 Å². The minimum atomic E-state index is 0.269. The lowest BCUT2D eigenvalue weighted by molar-refractivity contribution is 0.0726. The molecule has 1 atom stereocenters. The molecule has 1 unspecified atom stereocenters. The van der Waals surface area contributed by atoms with Crippen LogP contribution in [-0.2, 0) is 0 Å². The van der Waals surface area contributed by atoms with E-state index in [1.807, 2.05) is 19.1 Å². The number of rotatable bonds is 4. The lowest BCUT2D eigenvalue weighted by Gasteiger charge is -2.38. The van der Waals surface area contributed by atoms with Crippen LogP contribution in [-0.4, -0.2) is 54.3 Å². The predicted octanol–water partition coefficient (Wildman–Crippen LogP) is 2.27. The van der Waals surface area contributed by atoms with E-state index in [0.29, 0.717) is 12.6 Å². The summed E-state index contributed by atoms with van der Waals surface area (Å²) >= 11 is 1.60. The molecular formula is C14H22N2OS. The van der Waals surface area contributed by atoms with Crippen molar-refractivity contribution >= 4 is 17.1 Å². The van der Waals surface area contributed by atoms with E-state index in [0.717, 1.165) is 31.1 Å². The lowest BCUT2D eigenvalue weighted by Crippen LogP contribution is -2.52. The van der Waals surface area contributed by atoms with E-state index in [4.69, 9.17) is 0 Å². The van der Waals surface area contributed by atoms with Crippen LogP contribution in [0.1, 0.15) is 28.4 Å². The Morgan fingerprint density at radius 2 is 2.22 bits per heavy atom. The summed E-state index contributed by atoms with van der Waals surface area (Å²) in [5, 5.41) is 0. The minimum Gasteiger partial charge on any atom is -0.298 e. The predicted molar refractivity (Wildman–Crippen MR) is 76.5 cm³/mol. The molecule has 0 radical (unpaired) electrons. The van der Waals surface area contributed by atoms with Crippen LogP contribution in [0.25, 0.3) is 0 Å². The normalized spacial score (nSPS) is 22.3. The van der Waals surface area contributed by atoms with E-state index >= 15 is 0 Å². The van der Waals surface area contributed by atoms with Gasteiger partial charge in [-0.2, -0.15) is 0 Å². The van der Waals surface area contributed by atoms with Crippen molar-refractivity contribution in [2.75, 3.05) is 32.7 Å². The van der Waals surface area contributed by atoms with Crippen molar-refractivity contribution in [3.63, 3.8) is 0 Å². The van der Waals surface area contributed by atoms with Gasteiger partial charge in [-0.1, -0.05) is 6.92 Å². The van der Waals surface area contributed by atoms with Crippen LogP contribution in [0.3, 0.4) is 0 Å². The molecule has 2 heterocycles. The largest absolute Gasteiger partial charge is 0.298 e. The van der Waals surface area contributed by atoms with Crippen LogP contribution in [0.5, 0.6) is 0 Å². The van der Waals surface area contributed by atoms with Crippen LogP contribution < -0.4 is 0 Å². The molecule has 1 saturated heterocycles. The van der Waals surface area contributed by atoms with Gasteiger partial charge in [0.1, 0.15) is 0 Å². The van der Waals surface area contributed by atoms with Crippen molar-refractivity contribution in [1.82, 2.24) is 9.80 Å². The van der Waals surface area contributed by atoms with Crippen molar-refractivity contribution in [3.05, 3.63) is 21.9 Å². The molecule has 0 spiro atoms. The SMILES string of the molecule is CCN1CCN(CC(=O)c2ccc(C)s2)CC1C. The second kappa shape index (κ2) is 5.95. The number of ketones is 1. The van der Waals surface area contributed by atoms with Gasteiger partial charge in [0, 0.05) is 30.6 Å². The molecule has 1 aliphatic rings. The third-order valence-corrected chi connectivity index (χ3v) is 4.68. The van der Waals surface area contributed by atoms with E-state index in [9.17, 15) is 4.79 Å². The Morgan fingerprint density at radius 3 is 2.78 bits per heavy atom. The summed E-state index contributed by atoms with van der Waals surface area (Å²) in [6.45, 7) is 11.3. The maximum atomic E-state index is 12.1. The first-order valence-electron chi connectivity index (χ1n) is 6.66. The molecule has 4 heteroatoms. The zero-order valence-corrected chi connectivity index (χ0v) is 12.3. The maximum absolute atomic E-state index is 12.1. The van der Waals surface area contributed by atoms with Gasteiger partial charge in [-0.15, -0.1) is 11.3 Å². The number of hydrogen-bond acceptors (Lipinski definition) is 4. The number of nitrogens with zero attached hydrogens (tertiary/aromatic N) is 2. The number of aryl methyl sites for hydroxylation is 1. The first kappa shape index (κ1) is 13.7. The second-order valence-corrected chi connectivity index (χ2v) is 6.33. The van der Waals surface area contributed by atoms with Crippen molar-refractivity contribution in [2.24, 2.45) is 0 Å². The third kappa shape index (κ3) is 3.19. The quantitative estimate of drug-likeness (QED) is 0.781.